The summed E-state index contributed by atoms with van der Waals surface area (Å²) in [6, 6.07) is 5.92. The number of amidine groups is 1. The van der Waals surface area contributed by atoms with Gasteiger partial charge < -0.3 is 10.1 Å². The fourth-order valence-corrected chi connectivity index (χ4v) is 1.82. The Morgan fingerprint density at radius 1 is 1.53 bits per heavy atom. The van der Waals surface area contributed by atoms with Gasteiger partial charge in [0.1, 0.15) is 17.4 Å². The van der Waals surface area contributed by atoms with Gasteiger partial charge >= 0.3 is 0 Å². The summed E-state index contributed by atoms with van der Waals surface area (Å²) in [5, 5.41) is 7.48. The van der Waals surface area contributed by atoms with E-state index in [2.05, 4.69) is 9.38 Å². The SMILES string of the molecule is CCc1nc(C(=N)N)c2cccc(C)n12. The minimum Gasteiger partial charge on any atom is -0.382 e. The maximum Gasteiger partial charge on any atom is 0.144 e. The monoisotopic (exact) mass is 202 g/mol. The van der Waals surface area contributed by atoms with Crippen molar-refractivity contribution in [1.82, 2.24) is 9.38 Å². The molecular formula is C11H14N4. The Kier molecular flexibility index (Phi) is 2.19. The Labute approximate surface area is 88.3 Å². The third kappa shape index (κ3) is 1.38. The zero-order valence-electron chi connectivity index (χ0n) is 8.91. The van der Waals surface area contributed by atoms with Crippen molar-refractivity contribution in [2.75, 3.05) is 0 Å². The molecule has 0 aromatic carbocycles. The molecule has 0 aliphatic carbocycles. The molecule has 0 atom stereocenters. The van der Waals surface area contributed by atoms with E-state index in [1.165, 1.54) is 0 Å². The number of rotatable bonds is 2. The van der Waals surface area contributed by atoms with Crippen LogP contribution in [0.2, 0.25) is 0 Å². The summed E-state index contributed by atoms with van der Waals surface area (Å²) in [4.78, 5) is 4.38. The second kappa shape index (κ2) is 3.38. The third-order valence-electron chi connectivity index (χ3n) is 2.50. The lowest BCUT2D eigenvalue weighted by Crippen LogP contribution is -2.12. The van der Waals surface area contributed by atoms with Crippen molar-refractivity contribution >= 4 is 11.4 Å². The van der Waals surface area contributed by atoms with Gasteiger partial charge in [0.15, 0.2) is 0 Å². The zero-order valence-corrected chi connectivity index (χ0v) is 8.91. The Morgan fingerprint density at radius 3 is 2.87 bits per heavy atom. The number of nitrogens with two attached hydrogens (primary N) is 1. The Bertz CT molecular complexity index is 525. The fraction of sp³-hybridized carbons (Fsp3) is 0.273. The highest BCUT2D eigenvalue weighted by molar-refractivity contribution is 5.99. The van der Waals surface area contributed by atoms with Gasteiger partial charge in [0.25, 0.3) is 0 Å². The summed E-state index contributed by atoms with van der Waals surface area (Å²) in [7, 11) is 0. The first-order valence-electron chi connectivity index (χ1n) is 4.96. The van der Waals surface area contributed by atoms with Gasteiger partial charge in [-0.25, -0.2) is 4.98 Å². The van der Waals surface area contributed by atoms with Gasteiger partial charge in [-0.2, -0.15) is 0 Å². The van der Waals surface area contributed by atoms with Crippen molar-refractivity contribution in [2.45, 2.75) is 20.3 Å². The number of hydrogen-bond donors (Lipinski definition) is 2. The van der Waals surface area contributed by atoms with Gasteiger partial charge in [-0.1, -0.05) is 13.0 Å². The summed E-state index contributed by atoms with van der Waals surface area (Å²) in [5.74, 6) is 0.978. The first-order valence-corrected chi connectivity index (χ1v) is 4.96. The molecule has 0 bridgehead atoms. The number of nitrogens with zero attached hydrogens (tertiary/aromatic N) is 2. The molecule has 2 aromatic rings. The molecule has 4 nitrogen and oxygen atoms in total. The molecule has 0 amide bonds. The summed E-state index contributed by atoms with van der Waals surface area (Å²) >= 11 is 0. The lowest BCUT2D eigenvalue weighted by molar-refractivity contribution is 0.908. The zero-order chi connectivity index (χ0) is 11.0. The first-order chi connectivity index (χ1) is 7.15. The highest BCUT2D eigenvalue weighted by atomic mass is 15.0. The molecule has 15 heavy (non-hydrogen) atoms. The van der Waals surface area contributed by atoms with E-state index < -0.39 is 0 Å². The molecule has 4 heteroatoms. The van der Waals surface area contributed by atoms with Gasteiger partial charge in [-0.15, -0.1) is 0 Å². The van der Waals surface area contributed by atoms with Crippen molar-refractivity contribution < 1.29 is 0 Å². The maximum absolute atomic E-state index is 7.48. The quantitative estimate of drug-likeness (QED) is 0.572. The van der Waals surface area contributed by atoms with Crippen LogP contribution in [-0.4, -0.2) is 15.2 Å². The number of fused-ring (bicyclic) bond motifs is 1. The van der Waals surface area contributed by atoms with Crippen LogP contribution in [0.3, 0.4) is 0 Å². The minimum atomic E-state index is 0.0257. The molecule has 0 aliphatic heterocycles. The van der Waals surface area contributed by atoms with E-state index >= 15 is 0 Å². The van der Waals surface area contributed by atoms with E-state index in [0.717, 1.165) is 23.5 Å². The van der Waals surface area contributed by atoms with E-state index in [1.807, 2.05) is 32.0 Å². The average Bonchev–Trinajstić information content (AvgIpc) is 2.58. The van der Waals surface area contributed by atoms with Crippen molar-refractivity contribution in [3.63, 3.8) is 0 Å². The molecule has 78 valence electrons. The van der Waals surface area contributed by atoms with E-state index in [4.69, 9.17) is 11.1 Å². The predicted molar refractivity (Wildman–Crippen MR) is 60.3 cm³/mol. The molecule has 0 radical (unpaired) electrons. The van der Waals surface area contributed by atoms with E-state index in [1.54, 1.807) is 0 Å². The molecule has 3 N–H and O–H groups in total. The average molecular weight is 202 g/mol. The molecule has 2 rings (SSSR count). The third-order valence-corrected chi connectivity index (χ3v) is 2.50. The minimum absolute atomic E-state index is 0.0257. The molecule has 0 saturated carbocycles. The first kappa shape index (κ1) is 9.71. The van der Waals surface area contributed by atoms with Crippen LogP contribution in [0.25, 0.3) is 5.52 Å². The van der Waals surface area contributed by atoms with Crippen molar-refractivity contribution in [1.29, 1.82) is 5.41 Å². The summed E-state index contributed by atoms with van der Waals surface area (Å²) < 4.78 is 2.05. The second-order valence-corrected chi connectivity index (χ2v) is 3.53. The van der Waals surface area contributed by atoms with Crippen LogP contribution in [-0.2, 0) is 6.42 Å². The number of nitrogen functional groups attached to an aromatic ring is 1. The highest BCUT2D eigenvalue weighted by Gasteiger charge is 2.12. The summed E-state index contributed by atoms with van der Waals surface area (Å²) in [5.41, 5.74) is 8.12. The van der Waals surface area contributed by atoms with Gasteiger partial charge in [0.05, 0.1) is 5.52 Å². The Balaban J connectivity index is 2.87. The fourth-order valence-electron chi connectivity index (χ4n) is 1.82. The van der Waals surface area contributed by atoms with E-state index in [9.17, 15) is 0 Å². The molecular weight excluding hydrogens is 188 g/mol. The van der Waals surface area contributed by atoms with Gasteiger partial charge in [-0.05, 0) is 19.1 Å². The summed E-state index contributed by atoms with van der Waals surface area (Å²) in [6.45, 7) is 4.07. The second-order valence-electron chi connectivity index (χ2n) is 3.53. The Morgan fingerprint density at radius 2 is 2.27 bits per heavy atom. The normalized spacial score (nSPS) is 10.8. The Hall–Kier alpha value is -1.84. The van der Waals surface area contributed by atoms with Crippen molar-refractivity contribution in [3.05, 3.63) is 35.4 Å². The number of hydrogen-bond acceptors (Lipinski definition) is 2. The lowest BCUT2D eigenvalue weighted by atomic mass is 10.3. The number of imidazole rings is 1. The molecule has 2 aromatic heterocycles. The predicted octanol–water partition coefficient (Wildman–Crippen LogP) is 1.49. The van der Waals surface area contributed by atoms with Gasteiger partial charge in [-0.3, -0.25) is 5.41 Å². The molecule has 0 unspecified atom stereocenters. The largest absolute Gasteiger partial charge is 0.382 e. The summed E-state index contributed by atoms with van der Waals surface area (Å²) in [6.07, 6.45) is 0.833. The van der Waals surface area contributed by atoms with Crippen LogP contribution in [0, 0.1) is 12.3 Å². The standard InChI is InChI=1S/C11H14N4/c1-3-9-14-10(11(12)13)8-6-4-5-7(2)15(8)9/h4-6H,3H2,1-2H3,(H3,12,13). The smallest absolute Gasteiger partial charge is 0.144 e. The topological polar surface area (TPSA) is 67.2 Å². The van der Waals surface area contributed by atoms with Crippen LogP contribution < -0.4 is 5.73 Å². The lowest BCUT2D eigenvalue weighted by Gasteiger charge is -2.02. The number of aryl methyl sites for hydroxylation is 2. The number of nitrogens with one attached hydrogen (secondary N) is 1. The van der Waals surface area contributed by atoms with Crippen molar-refractivity contribution in [3.8, 4) is 0 Å². The molecule has 0 spiro atoms. The van der Waals surface area contributed by atoms with Gasteiger partial charge in [0.2, 0.25) is 0 Å². The van der Waals surface area contributed by atoms with E-state index in [-0.39, 0.29) is 5.84 Å². The van der Waals surface area contributed by atoms with E-state index in [0.29, 0.717) is 5.69 Å². The molecule has 0 aliphatic rings. The van der Waals surface area contributed by atoms with Crippen LogP contribution in [0.15, 0.2) is 18.2 Å². The molecule has 0 saturated heterocycles. The van der Waals surface area contributed by atoms with Crippen LogP contribution in [0.1, 0.15) is 24.1 Å². The molecule has 0 fully saturated rings. The van der Waals surface area contributed by atoms with Gasteiger partial charge in [0, 0.05) is 12.1 Å². The molecule has 2 heterocycles. The highest BCUT2D eigenvalue weighted by Crippen LogP contribution is 2.15. The van der Waals surface area contributed by atoms with Crippen LogP contribution in [0.4, 0.5) is 0 Å². The number of pyridine rings is 1. The van der Waals surface area contributed by atoms with Crippen LogP contribution >= 0.6 is 0 Å². The van der Waals surface area contributed by atoms with Crippen LogP contribution in [0.5, 0.6) is 0 Å². The number of aromatic nitrogens is 2. The maximum atomic E-state index is 7.48. The van der Waals surface area contributed by atoms with Crippen molar-refractivity contribution in [2.24, 2.45) is 5.73 Å².